The first kappa shape index (κ1) is 17.2. The van der Waals surface area contributed by atoms with Crippen LogP contribution in [0.25, 0.3) is 0 Å². The fourth-order valence-electron chi connectivity index (χ4n) is 3.33. The van der Waals surface area contributed by atoms with Crippen molar-refractivity contribution in [3.63, 3.8) is 0 Å². The van der Waals surface area contributed by atoms with Gasteiger partial charge in [-0.3, -0.25) is 4.90 Å². The van der Waals surface area contributed by atoms with Gasteiger partial charge in [-0.05, 0) is 13.0 Å². The zero-order chi connectivity index (χ0) is 17.5. The molecule has 2 heterocycles. The Labute approximate surface area is 138 Å². The Hall–Kier alpha value is -1.67. The molecule has 134 valence electrons. The Kier molecular flexibility index (Phi) is 4.29. The molecule has 24 heavy (non-hydrogen) atoms. The lowest BCUT2D eigenvalue weighted by Crippen LogP contribution is -2.49. The molecule has 1 aromatic rings. The molecule has 0 aromatic heterocycles. The van der Waals surface area contributed by atoms with Crippen LogP contribution in [-0.4, -0.2) is 61.1 Å². The number of nitrogens with two attached hydrogens (primary N) is 1. The molecule has 1 unspecified atom stereocenters. The van der Waals surface area contributed by atoms with Gasteiger partial charge in [0.2, 0.25) is 0 Å². The monoisotopic (exact) mass is 345 g/mol. The number of nitrogens with zero attached hydrogens (tertiary/aromatic N) is 2. The predicted molar refractivity (Wildman–Crippen MR) is 85.4 cm³/mol. The van der Waals surface area contributed by atoms with Gasteiger partial charge in [0.05, 0.1) is 24.5 Å². The number of anilines is 2. The van der Waals surface area contributed by atoms with E-state index in [1.54, 1.807) is 0 Å². The van der Waals surface area contributed by atoms with E-state index in [9.17, 15) is 18.3 Å². The van der Waals surface area contributed by atoms with Crippen LogP contribution < -0.4 is 15.4 Å². The Bertz CT molecular complexity index is 615. The minimum absolute atomic E-state index is 0.0902. The number of piperazine rings is 1. The molecule has 0 bridgehead atoms. The summed E-state index contributed by atoms with van der Waals surface area (Å²) in [7, 11) is 0. The average Bonchev–Trinajstić information content (AvgIpc) is 2.82. The number of aliphatic hydroxyl groups is 1. The largest absolute Gasteiger partial charge is 0.484 e. The van der Waals surface area contributed by atoms with Crippen molar-refractivity contribution in [3.05, 3.63) is 17.7 Å². The summed E-state index contributed by atoms with van der Waals surface area (Å²) < 4.78 is 43.2. The molecule has 0 radical (unpaired) electrons. The summed E-state index contributed by atoms with van der Waals surface area (Å²) in [5.41, 5.74) is 7.81. The maximum atomic E-state index is 12.5. The zero-order valence-corrected chi connectivity index (χ0v) is 13.6. The number of rotatable bonds is 3. The van der Waals surface area contributed by atoms with E-state index in [-0.39, 0.29) is 6.61 Å². The lowest BCUT2D eigenvalue weighted by atomic mass is 9.99. The standard InChI is InChI=1S/C16H22F3N3O2/c1-15(10-23)8-11-6-12(20)13(7-14(11)24-15)22-4-2-21(3-5-22)9-16(17,18)19/h6-7,23H,2-5,8-10,20H2,1H3. The Balaban J connectivity index is 1.70. The zero-order valence-electron chi connectivity index (χ0n) is 13.6. The average molecular weight is 345 g/mol. The Morgan fingerprint density at radius 2 is 1.92 bits per heavy atom. The normalized spacial score (nSPS) is 24.8. The van der Waals surface area contributed by atoms with E-state index in [0.717, 1.165) is 11.3 Å². The van der Waals surface area contributed by atoms with Crippen molar-refractivity contribution >= 4 is 11.4 Å². The molecular weight excluding hydrogens is 323 g/mol. The summed E-state index contributed by atoms with van der Waals surface area (Å²) in [6.07, 6.45) is -3.58. The molecule has 3 N–H and O–H groups in total. The van der Waals surface area contributed by atoms with Gasteiger partial charge < -0.3 is 20.5 Å². The summed E-state index contributed by atoms with van der Waals surface area (Å²) in [5, 5.41) is 9.44. The molecule has 1 saturated heterocycles. The van der Waals surface area contributed by atoms with E-state index >= 15 is 0 Å². The highest BCUT2D eigenvalue weighted by Gasteiger charge is 2.36. The van der Waals surface area contributed by atoms with E-state index in [0.29, 0.717) is 44.0 Å². The SMILES string of the molecule is CC1(CO)Cc2cc(N)c(N3CCN(CC(F)(F)F)CC3)cc2O1. The lowest BCUT2D eigenvalue weighted by molar-refractivity contribution is -0.146. The molecule has 5 nitrogen and oxygen atoms in total. The van der Waals surface area contributed by atoms with Crippen molar-refractivity contribution in [3.8, 4) is 5.75 Å². The maximum Gasteiger partial charge on any atom is 0.401 e. The maximum absolute atomic E-state index is 12.5. The van der Waals surface area contributed by atoms with Gasteiger partial charge in [-0.2, -0.15) is 13.2 Å². The van der Waals surface area contributed by atoms with Crippen LogP contribution in [-0.2, 0) is 6.42 Å². The van der Waals surface area contributed by atoms with Crippen LogP contribution in [0.2, 0.25) is 0 Å². The second kappa shape index (κ2) is 6.00. The smallest absolute Gasteiger partial charge is 0.401 e. The molecule has 0 amide bonds. The van der Waals surface area contributed by atoms with Gasteiger partial charge >= 0.3 is 6.18 Å². The molecule has 2 aliphatic heterocycles. The van der Waals surface area contributed by atoms with Crippen LogP contribution in [0.1, 0.15) is 12.5 Å². The minimum Gasteiger partial charge on any atom is -0.484 e. The van der Waals surface area contributed by atoms with Crippen LogP contribution in [0.3, 0.4) is 0 Å². The van der Waals surface area contributed by atoms with Gasteiger partial charge in [0, 0.05) is 44.2 Å². The Morgan fingerprint density at radius 3 is 2.50 bits per heavy atom. The topological polar surface area (TPSA) is 62.0 Å². The summed E-state index contributed by atoms with van der Waals surface area (Å²) in [6, 6.07) is 3.68. The first-order valence-corrected chi connectivity index (χ1v) is 7.95. The van der Waals surface area contributed by atoms with E-state index in [2.05, 4.69) is 0 Å². The van der Waals surface area contributed by atoms with E-state index in [4.69, 9.17) is 10.5 Å². The molecule has 2 aliphatic rings. The highest BCUT2D eigenvalue weighted by molar-refractivity contribution is 5.72. The molecule has 0 aliphatic carbocycles. The summed E-state index contributed by atoms with van der Waals surface area (Å²) >= 11 is 0. The number of nitrogen functional groups attached to an aromatic ring is 1. The van der Waals surface area contributed by atoms with Crippen LogP contribution in [0.5, 0.6) is 5.75 Å². The predicted octanol–water partition coefficient (Wildman–Crippen LogP) is 1.64. The molecule has 3 rings (SSSR count). The van der Waals surface area contributed by atoms with E-state index in [1.807, 2.05) is 24.0 Å². The third kappa shape index (κ3) is 3.54. The fraction of sp³-hybridized carbons (Fsp3) is 0.625. The van der Waals surface area contributed by atoms with E-state index < -0.39 is 18.3 Å². The summed E-state index contributed by atoms with van der Waals surface area (Å²) in [4.78, 5) is 3.39. The number of benzene rings is 1. The third-order valence-electron chi connectivity index (χ3n) is 4.58. The van der Waals surface area contributed by atoms with Crippen molar-refractivity contribution in [2.45, 2.75) is 25.1 Å². The van der Waals surface area contributed by atoms with Crippen molar-refractivity contribution < 1.29 is 23.0 Å². The number of halogens is 3. The molecule has 1 aromatic carbocycles. The minimum atomic E-state index is -4.17. The van der Waals surface area contributed by atoms with Gasteiger partial charge in [0.25, 0.3) is 0 Å². The van der Waals surface area contributed by atoms with Crippen LogP contribution in [0, 0.1) is 0 Å². The molecule has 1 fully saturated rings. The van der Waals surface area contributed by atoms with Crippen LogP contribution >= 0.6 is 0 Å². The first-order chi connectivity index (χ1) is 11.2. The Morgan fingerprint density at radius 1 is 1.25 bits per heavy atom. The third-order valence-corrected chi connectivity index (χ3v) is 4.58. The summed E-state index contributed by atoms with van der Waals surface area (Å²) in [6.45, 7) is 2.51. The molecule has 8 heteroatoms. The quantitative estimate of drug-likeness (QED) is 0.816. The second-order valence-electron chi connectivity index (χ2n) is 6.78. The van der Waals surface area contributed by atoms with Crippen LogP contribution in [0.15, 0.2) is 12.1 Å². The van der Waals surface area contributed by atoms with Gasteiger partial charge in [0.15, 0.2) is 0 Å². The molecule has 1 atom stereocenters. The van der Waals surface area contributed by atoms with E-state index in [1.165, 1.54) is 4.90 Å². The van der Waals surface area contributed by atoms with Crippen molar-refractivity contribution in [1.29, 1.82) is 0 Å². The highest BCUT2D eigenvalue weighted by atomic mass is 19.4. The van der Waals surface area contributed by atoms with Crippen LogP contribution in [0.4, 0.5) is 24.5 Å². The number of hydrogen-bond donors (Lipinski definition) is 2. The molecule has 0 saturated carbocycles. The fourth-order valence-corrected chi connectivity index (χ4v) is 3.33. The lowest BCUT2D eigenvalue weighted by Gasteiger charge is -2.37. The number of aliphatic hydroxyl groups excluding tert-OH is 1. The van der Waals surface area contributed by atoms with Crippen molar-refractivity contribution in [2.75, 3.05) is 50.0 Å². The molecule has 0 spiro atoms. The van der Waals surface area contributed by atoms with Gasteiger partial charge in [-0.15, -0.1) is 0 Å². The number of hydrogen-bond acceptors (Lipinski definition) is 5. The second-order valence-corrected chi connectivity index (χ2v) is 6.78. The number of fused-ring (bicyclic) bond motifs is 1. The van der Waals surface area contributed by atoms with Crippen molar-refractivity contribution in [1.82, 2.24) is 4.90 Å². The molecular formula is C16H22F3N3O2. The number of ether oxygens (including phenoxy) is 1. The van der Waals surface area contributed by atoms with Gasteiger partial charge in [-0.1, -0.05) is 0 Å². The highest BCUT2D eigenvalue weighted by Crippen LogP contribution is 2.40. The summed E-state index contributed by atoms with van der Waals surface area (Å²) in [5.74, 6) is 0.688. The van der Waals surface area contributed by atoms with Gasteiger partial charge in [0.1, 0.15) is 11.4 Å². The van der Waals surface area contributed by atoms with Gasteiger partial charge in [-0.25, -0.2) is 0 Å². The number of alkyl halides is 3. The first-order valence-electron chi connectivity index (χ1n) is 7.95. The van der Waals surface area contributed by atoms with Crippen molar-refractivity contribution in [2.24, 2.45) is 0 Å².